The molecule has 0 aliphatic carbocycles. The predicted octanol–water partition coefficient (Wildman–Crippen LogP) is 0.416. The largest absolute Gasteiger partial charge is 0.408 e. The molecule has 0 aliphatic rings. The van der Waals surface area contributed by atoms with Gasteiger partial charge in [0.15, 0.2) is 0 Å². The number of Topliss-reactive ketones (excluding diaryl/α,β-unsaturated/α-hetero) is 1. The van der Waals surface area contributed by atoms with E-state index in [4.69, 9.17) is 24.4 Å². The van der Waals surface area contributed by atoms with Crippen LogP contribution in [-0.2, 0) is 33.6 Å². The van der Waals surface area contributed by atoms with E-state index in [1.807, 2.05) is 0 Å². The van der Waals surface area contributed by atoms with Crippen molar-refractivity contribution in [2.24, 2.45) is 5.73 Å². The van der Waals surface area contributed by atoms with Gasteiger partial charge in [-0.1, -0.05) is 5.10 Å². The van der Waals surface area contributed by atoms with Crippen LogP contribution in [0.15, 0.2) is 33.9 Å². The van der Waals surface area contributed by atoms with E-state index in [-0.39, 0.29) is 12.3 Å². The van der Waals surface area contributed by atoms with Crippen LogP contribution >= 0.6 is 0 Å². The molecule has 1 aromatic carbocycles. The Kier molecular flexibility index (Phi) is 13.9. The summed E-state index contributed by atoms with van der Waals surface area (Å²) in [6, 6.07) is 6.22. The first-order chi connectivity index (χ1) is 17.8. The van der Waals surface area contributed by atoms with Gasteiger partial charge in [0, 0.05) is 43.7 Å². The lowest BCUT2D eigenvalue weighted by atomic mass is 10.2. The van der Waals surface area contributed by atoms with Gasteiger partial charge in [-0.15, -0.1) is 5.10 Å². The number of rotatable bonds is 20. The molecule has 1 aromatic heterocycles. The van der Waals surface area contributed by atoms with Crippen LogP contribution in [0.5, 0.6) is 0 Å². The Bertz CT molecular complexity index is 1060. The first-order valence-corrected chi connectivity index (χ1v) is 13.8. The molecule has 1 amide bonds. The maximum atomic E-state index is 12.1. The Morgan fingerprint density at radius 1 is 0.919 bits per heavy atom. The number of carbonyl (C=O) groups is 2. The van der Waals surface area contributed by atoms with Gasteiger partial charge >= 0.3 is 5.22 Å². The second kappa shape index (κ2) is 16.9. The number of amides is 1. The Hall–Kier alpha value is -2.75. The van der Waals surface area contributed by atoms with Gasteiger partial charge in [-0.05, 0) is 50.2 Å². The van der Waals surface area contributed by atoms with Crippen LogP contribution in [0, 0.1) is 0 Å². The molecule has 0 saturated heterocycles. The molecule has 206 valence electrons. The van der Waals surface area contributed by atoms with E-state index in [1.54, 1.807) is 24.3 Å². The Morgan fingerprint density at radius 3 is 2.14 bits per heavy atom. The molecule has 37 heavy (non-hydrogen) atoms. The van der Waals surface area contributed by atoms with Crippen LogP contribution in [-0.4, -0.2) is 95.8 Å². The van der Waals surface area contributed by atoms with E-state index in [9.17, 15) is 18.0 Å². The molecule has 0 radical (unpaired) electrons. The third-order valence-corrected chi connectivity index (χ3v) is 5.57. The minimum absolute atomic E-state index is 0.0268. The molecule has 1 heterocycles. The van der Waals surface area contributed by atoms with Crippen molar-refractivity contribution in [3.63, 3.8) is 0 Å². The average molecular weight is 542 g/mol. The van der Waals surface area contributed by atoms with E-state index < -0.39 is 26.8 Å². The summed E-state index contributed by atoms with van der Waals surface area (Å²) in [6.45, 7) is 4.93. The van der Waals surface area contributed by atoms with Crippen LogP contribution in [0.3, 0.4) is 0 Å². The first-order valence-electron chi connectivity index (χ1n) is 11.9. The summed E-state index contributed by atoms with van der Waals surface area (Å²) in [5.74, 6) is -1.24. The third kappa shape index (κ3) is 12.4. The van der Waals surface area contributed by atoms with Gasteiger partial charge in [-0.3, -0.25) is 9.59 Å². The van der Waals surface area contributed by atoms with Gasteiger partial charge in [0.2, 0.25) is 21.5 Å². The molecule has 13 nitrogen and oxygen atoms in total. The number of ketones is 1. The lowest BCUT2D eigenvalue weighted by molar-refractivity contribution is -0.134. The molecule has 0 unspecified atom stereocenters. The number of carbonyl (C=O) groups excluding carboxylic acids is 2. The van der Waals surface area contributed by atoms with Crippen molar-refractivity contribution in [3.8, 4) is 11.5 Å². The minimum Gasteiger partial charge on any atom is -0.408 e. The van der Waals surface area contributed by atoms with Crippen LogP contribution in [0.4, 0.5) is 5.69 Å². The Morgan fingerprint density at radius 2 is 1.54 bits per heavy atom. The van der Waals surface area contributed by atoms with Gasteiger partial charge in [-0.25, -0.2) is 8.42 Å². The van der Waals surface area contributed by atoms with E-state index >= 15 is 0 Å². The predicted molar refractivity (Wildman–Crippen MR) is 135 cm³/mol. The molecule has 0 spiro atoms. The minimum atomic E-state index is -3.60. The number of nitrogens with zero attached hydrogens (tertiary/aromatic N) is 2. The Labute approximate surface area is 216 Å². The maximum absolute atomic E-state index is 12.1. The number of benzene rings is 1. The van der Waals surface area contributed by atoms with Crippen molar-refractivity contribution in [2.75, 3.05) is 70.8 Å². The standard InChI is InChI=1S/C23H35N5O8S/c1-37(31,32)23-28-27-22(36-23)18-4-6-19(7-5-18)26-21(30)20(29)8-11-25-10-3-13-34-15-17-35-16-14-33-12-2-9-24/h4-7,25H,2-3,8-17,24H2,1H3,(H,26,30). The van der Waals surface area contributed by atoms with Crippen LogP contribution in [0.1, 0.15) is 19.3 Å². The SMILES string of the molecule is CS(=O)(=O)c1nnc(-c2ccc(NC(=O)C(=O)CCNCCCOCCOCCOCCCN)cc2)o1. The number of aromatic nitrogens is 2. The smallest absolute Gasteiger partial charge is 0.335 e. The number of hydrogen-bond donors (Lipinski definition) is 3. The summed E-state index contributed by atoms with van der Waals surface area (Å²) in [4.78, 5) is 24.2. The van der Waals surface area contributed by atoms with Gasteiger partial charge in [0.05, 0.1) is 26.4 Å². The molecule has 0 bridgehead atoms. The first kappa shape index (κ1) is 30.5. The van der Waals surface area contributed by atoms with E-state index in [2.05, 4.69) is 20.8 Å². The topological polar surface area (TPSA) is 185 Å². The summed E-state index contributed by atoms with van der Waals surface area (Å²) in [7, 11) is -3.60. The second-order valence-electron chi connectivity index (χ2n) is 7.93. The van der Waals surface area contributed by atoms with Crippen LogP contribution in [0.25, 0.3) is 11.5 Å². The molecule has 0 atom stereocenters. The van der Waals surface area contributed by atoms with Gasteiger partial charge in [0.25, 0.3) is 5.91 Å². The van der Waals surface area contributed by atoms with Crippen LogP contribution in [0.2, 0.25) is 0 Å². The lowest BCUT2D eigenvalue weighted by Gasteiger charge is -2.08. The summed E-state index contributed by atoms with van der Waals surface area (Å²) < 4.78 is 44.2. The fraction of sp³-hybridized carbons (Fsp3) is 0.565. The van der Waals surface area contributed by atoms with Crippen molar-refractivity contribution in [1.82, 2.24) is 15.5 Å². The Balaban J connectivity index is 1.52. The molecule has 2 rings (SSSR count). The van der Waals surface area contributed by atoms with Gasteiger partial charge < -0.3 is 35.0 Å². The van der Waals surface area contributed by atoms with Crippen molar-refractivity contribution >= 4 is 27.2 Å². The van der Waals surface area contributed by atoms with Crippen LogP contribution < -0.4 is 16.4 Å². The number of nitrogens with two attached hydrogens (primary N) is 1. The molecule has 4 N–H and O–H groups in total. The third-order valence-electron chi connectivity index (χ3n) is 4.77. The molecular formula is C23H35N5O8S. The number of anilines is 1. The molecule has 14 heteroatoms. The highest BCUT2D eigenvalue weighted by Gasteiger charge is 2.18. The van der Waals surface area contributed by atoms with Gasteiger partial charge in [0.1, 0.15) is 0 Å². The fourth-order valence-electron chi connectivity index (χ4n) is 2.84. The lowest BCUT2D eigenvalue weighted by Crippen LogP contribution is -2.27. The van der Waals surface area contributed by atoms with E-state index in [0.717, 1.165) is 19.1 Å². The van der Waals surface area contributed by atoms with E-state index in [1.165, 1.54) is 0 Å². The summed E-state index contributed by atoms with van der Waals surface area (Å²) >= 11 is 0. The molecule has 0 fully saturated rings. The average Bonchev–Trinajstić information content (AvgIpc) is 3.38. The molecule has 2 aromatic rings. The van der Waals surface area contributed by atoms with Crippen molar-refractivity contribution < 1.29 is 36.6 Å². The zero-order chi connectivity index (χ0) is 26.9. The highest BCUT2D eigenvalue weighted by atomic mass is 32.2. The second-order valence-corrected chi connectivity index (χ2v) is 9.83. The van der Waals surface area contributed by atoms with E-state index in [0.29, 0.717) is 70.5 Å². The summed E-state index contributed by atoms with van der Waals surface area (Å²) in [6.07, 6.45) is 2.63. The van der Waals surface area contributed by atoms with Crippen molar-refractivity contribution in [3.05, 3.63) is 24.3 Å². The number of hydrogen-bond acceptors (Lipinski definition) is 12. The number of sulfone groups is 1. The molecule has 0 aliphatic heterocycles. The molecule has 0 saturated carbocycles. The van der Waals surface area contributed by atoms with Gasteiger partial charge in [-0.2, -0.15) is 0 Å². The van der Waals surface area contributed by atoms with Crippen molar-refractivity contribution in [2.45, 2.75) is 24.5 Å². The zero-order valence-electron chi connectivity index (χ0n) is 20.9. The number of ether oxygens (including phenoxy) is 3. The highest BCUT2D eigenvalue weighted by Crippen LogP contribution is 2.21. The fourth-order valence-corrected chi connectivity index (χ4v) is 3.26. The molecular weight excluding hydrogens is 506 g/mol. The number of nitrogens with one attached hydrogen (secondary N) is 2. The highest BCUT2D eigenvalue weighted by molar-refractivity contribution is 7.90. The van der Waals surface area contributed by atoms with Crippen molar-refractivity contribution in [1.29, 1.82) is 0 Å². The normalized spacial score (nSPS) is 11.5. The summed E-state index contributed by atoms with van der Waals surface area (Å²) in [5, 5.41) is 12.3. The quantitative estimate of drug-likeness (QED) is 0.155. The summed E-state index contributed by atoms with van der Waals surface area (Å²) in [5.41, 5.74) is 6.24. The maximum Gasteiger partial charge on any atom is 0.335 e. The zero-order valence-corrected chi connectivity index (χ0v) is 21.8. The monoisotopic (exact) mass is 541 g/mol.